The fourth-order valence-electron chi connectivity index (χ4n) is 11.4. The molecular weight excluding hydrogens is 582 g/mol. The van der Waals surface area contributed by atoms with Gasteiger partial charge in [-0.1, -0.05) is 67.9 Å². The molecule has 0 unspecified atom stereocenters. The molecule has 5 aliphatic rings. The van der Waals surface area contributed by atoms with Crippen molar-refractivity contribution in [1.29, 1.82) is 0 Å². The highest BCUT2D eigenvalue weighted by atomic mass is 16.6. The van der Waals surface area contributed by atoms with Crippen molar-refractivity contribution in [2.75, 3.05) is 19.8 Å². The molecule has 8 heteroatoms. The number of hydrogen-bond donors (Lipinski definition) is 2. The zero-order valence-corrected chi connectivity index (χ0v) is 30.3. The Hall–Kier alpha value is -1.77. The van der Waals surface area contributed by atoms with Gasteiger partial charge < -0.3 is 25.1 Å². The summed E-state index contributed by atoms with van der Waals surface area (Å²) in [6.07, 6.45) is 4.77. The summed E-state index contributed by atoms with van der Waals surface area (Å²) in [6.45, 7) is 23.8. The Morgan fingerprint density at radius 1 is 1.09 bits per heavy atom. The van der Waals surface area contributed by atoms with Gasteiger partial charge in [0.05, 0.1) is 25.7 Å². The summed E-state index contributed by atoms with van der Waals surface area (Å²) in [4.78, 5) is 40.7. The number of aliphatic carboxylic acids is 1. The molecule has 1 aliphatic heterocycles. The van der Waals surface area contributed by atoms with Gasteiger partial charge in [-0.2, -0.15) is 0 Å². The van der Waals surface area contributed by atoms with E-state index in [4.69, 9.17) is 19.9 Å². The molecule has 46 heavy (non-hydrogen) atoms. The van der Waals surface area contributed by atoms with Crippen molar-refractivity contribution in [2.24, 2.45) is 68.3 Å². The van der Waals surface area contributed by atoms with Crippen LogP contribution in [0.4, 0.5) is 0 Å². The third-order valence-electron chi connectivity index (χ3n) is 15.2. The number of esters is 1. The highest BCUT2D eigenvalue weighted by Gasteiger charge is 2.74. The second-order valence-corrected chi connectivity index (χ2v) is 18.0. The van der Waals surface area contributed by atoms with Gasteiger partial charge in [0.1, 0.15) is 12.2 Å². The van der Waals surface area contributed by atoms with E-state index >= 15 is 0 Å². The number of ether oxygens (including phenoxy) is 3. The summed E-state index contributed by atoms with van der Waals surface area (Å²) >= 11 is 0. The first-order valence-electron chi connectivity index (χ1n) is 17.8. The van der Waals surface area contributed by atoms with E-state index in [0.29, 0.717) is 32.2 Å². The lowest BCUT2D eigenvalue weighted by atomic mass is 9.34. The molecule has 260 valence electrons. The number of rotatable bonds is 8. The molecule has 0 spiro atoms. The van der Waals surface area contributed by atoms with Crippen LogP contribution in [0.25, 0.3) is 0 Å². The number of carboxylic acid groups (broad SMARTS) is 1. The van der Waals surface area contributed by atoms with E-state index in [1.165, 1.54) is 6.92 Å². The second-order valence-electron chi connectivity index (χ2n) is 18.0. The molecule has 0 aromatic heterocycles. The molecule has 3 N–H and O–H groups in total. The van der Waals surface area contributed by atoms with Gasteiger partial charge in [-0.3, -0.25) is 14.4 Å². The van der Waals surface area contributed by atoms with E-state index in [9.17, 15) is 19.5 Å². The lowest BCUT2D eigenvalue weighted by Gasteiger charge is -2.70. The third-order valence-corrected chi connectivity index (χ3v) is 15.2. The number of ketones is 1. The number of carbonyl (C=O) groups is 3. The Balaban J connectivity index is 1.62. The third kappa shape index (κ3) is 4.80. The Morgan fingerprint density at radius 3 is 2.30 bits per heavy atom. The van der Waals surface area contributed by atoms with Crippen LogP contribution in [0.15, 0.2) is 11.6 Å². The maximum absolute atomic E-state index is 14.8. The highest BCUT2D eigenvalue weighted by Crippen LogP contribution is 2.74. The smallest absolute Gasteiger partial charge is 0.308 e. The van der Waals surface area contributed by atoms with Crippen molar-refractivity contribution in [2.45, 2.75) is 126 Å². The first-order valence-corrected chi connectivity index (χ1v) is 17.8. The van der Waals surface area contributed by atoms with Gasteiger partial charge in [0.25, 0.3) is 0 Å². The van der Waals surface area contributed by atoms with Gasteiger partial charge in [-0.05, 0) is 85.5 Å². The van der Waals surface area contributed by atoms with Gasteiger partial charge in [0, 0.05) is 28.7 Å². The first-order chi connectivity index (χ1) is 21.1. The second kappa shape index (κ2) is 11.4. The Bertz CT molecular complexity index is 1290. The van der Waals surface area contributed by atoms with E-state index in [2.05, 4.69) is 55.4 Å². The predicted octanol–water partition coefficient (Wildman–Crippen LogP) is 6.44. The minimum absolute atomic E-state index is 0.0295. The van der Waals surface area contributed by atoms with Crippen molar-refractivity contribution < 1.29 is 33.7 Å². The van der Waals surface area contributed by atoms with E-state index < -0.39 is 56.7 Å². The molecule has 0 amide bonds. The number of nitrogens with two attached hydrogens (primary N) is 1. The molecule has 0 radical (unpaired) electrons. The standard InChI is InChI=1S/C38H61NO7/c1-21(2)23(5)33(7)14-15-35(9)25-12-13-28-34(8)18-44-20-38(28,26(25)16-29(41)37(35,11)30(33)32(42)43)17-27(46-24(6)40)31(34)45-19-36(10,39)22(3)4/h16,21-23,25,27-28,30-31H,12-15,17-20,39H2,1-11H3,(H,42,43)/t23-,25+,27-,28+,30-,31+,33-,34+,35-,36-,37+,38+/m1/s1. The molecule has 3 saturated carbocycles. The Kier molecular flexibility index (Phi) is 8.81. The fourth-order valence-corrected chi connectivity index (χ4v) is 11.4. The summed E-state index contributed by atoms with van der Waals surface area (Å²) in [7, 11) is 0. The Labute approximate surface area is 276 Å². The van der Waals surface area contributed by atoms with Crippen LogP contribution in [-0.2, 0) is 28.6 Å². The normalized spacial score (nSPS) is 45.6. The van der Waals surface area contributed by atoms with Gasteiger partial charge in [-0.25, -0.2) is 0 Å². The monoisotopic (exact) mass is 643 g/mol. The van der Waals surface area contributed by atoms with Crippen molar-refractivity contribution in [3.05, 3.63) is 11.6 Å². The summed E-state index contributed by atoms with van der Waals surface area (Å²) in [5.74, 6) is -1.28. The summed E-state index contributed by atoms with van der Waals surface area (Å²) in [6, 6.07) is 0. The molecule has 5 rings (SSSR count). The number of carboxylic acids is 1. The van der Waals surface area contributed by atoms with E-state index in [1.807, 2.05) is 19.9 Å². The summed E-state index contributed by atoms with van der Waals surface area (Å²) in [5, 5.41) is 10.9. The minimum atomic E-state index is -1.05. The molecule has 1 saturated heterocycles. The Morgan fingerprint density at radius 2 is 1.74 bits per heavy atom. The average molecular weight is 644 g/mol. The number of allylic oxidation sites excluding steroid dienone is 1. The number of carbonyl (C=O) groups excluding carboxylic acids is 2. The quantitative estimate of drug-likeness (QED) is 0.290. The number of hydrogen-bond acceptors (Lipinski definition) is 7. The lowest BCUT2D eigenvalue weighted by molar-refractivity contribution is -0.268. The SMILES string of the molecule is CC(=O)O[C@@H]1C[C@@]23COC[C@@](C)([C@@H]2CC[C@H]2C3=CC(=O)[C@@]3(C)[C@H](C(=O)O)[C@@](C)([C@H](C)C(C)C)CC[C@]23C)[C@H]1OC[C@@](C)(N)C(C)C. The number of fused-ring (bicyclic) bond motifs is 3. The van der Waals surface area contributed by atoms with Crippen molar-refractivity contribution in [3.63, 3.8) is 0 Å². The molecule has 12 atom stereocenters. The predicted molar refractivity (Wildman–Crippen MR) is 177 cm³/mol. The summed E-state index contributed by atoms with van der Waals surface area (Å²) in [5.41, 5.74) is 4.10. The van der Waals surface area contributed by atoms with Crippen LogP contribution < -0.4 is 5.73 Å². The molecule has 2 bridgehead atoms. The first kappa shape index (κ1) is 35.5. The van der Waals surface area contributed by atoms with E-state index in [-0.39, 0.29) is 35.4 Å². The maximum Gasteiger partial charge on any atom is 0.308 e. The lowest BCUT2D eigenvalue weighted by Crippen LogP contribution is -2.71. The van der Waals surface area contributed by atoms with E-state index in [0.717, 1.165) is 31.3 Å². The minimum Gasteiger partial charge on any atom is -0.481 e. The topological polar surface area (TPSA) is 125 Å². The van der Waals surface area contributed by atoms with Crippen LogP contribution in [0.1, 0.15) is 108 Å². The molecule has 0 aromatic rings. The summed E-state index contributed by atoms with van der Waals surface area (Å²) < 4.78 is 19.3. The molecule has 4 fully saturated rings. The van der Waals surface area contributed by atoms with E-state index in [1.54, 1.807) is 0 Å². The fraction of sp³-hybridized carbons (Fsp3) is 0.868. The molecular formula is C38H61NO7. The zero-order valence-electron chi connectivity index (χ0n) is 30.3. The van der Waals surface area contributed by atoms with Crippen molar-refractivity contribution >= 4 is 17.7 Å². The van der Waals surface area contributed by atoms with Crippen molar-refractivity contribution in [1.82, 2.24) is 0 Å². The average Bonchev–Trinajstić information content (AvgIpc) is 2.93. The van der Waals surface area contributed by atoms with Gasteiger partial charge in [0.15, 0.2) is 5.78 Å². The largest absolute Gasteiger partial charge is 0.481 e. The van der Waals surface area contributed by atoms with Gasteiger partial charge >= 0.3 is 11.9 Å². The van der Waals surface area contributed by atoms with Crippen LogP contribution >= 0.6 is 0 Å². The molecule has 0 aromatic carbocycles. The zero-order chi connectivity index (χ0) is 34.4. The van der Waals surface area contributed by atoms with Gasteiger partial charge in [-0.15, -0.1) is 0 Å². The van der Waals surface area contributed by atoms with Crippen LogP contribution in [-0.4, -0.2) is 60.4 Å². The van der Waals surface area contributed by atoms with Crippen LogP contribution in [0.2, 0.25) is 0 Å². The van der Waals surface area contributed by atoms with Gasteiger partial charge in [0.2, 0.25) is 0 Å². The molecule has 4 aliphatic carbocycles. The highest BCUT2D eigenvalue weighted by molar-refractivity contribution is 6.00. The van der Waals surface area contributed by atoms with Crippen LogP contribution in [0.5, 0.6) is 0 Å². The maximum atomic E-state index is 14.8. The molecule has 8 nitrogen and oxygen atoms in total. The van der Waals surface area contributed by atoms with Crippen LogP contribution in [0, 0.1) is 62.6 Å². The van der Waals surface area contributed by atoms with Crippen LogP contribution in [0.3, 0.4) is 0 Å². The molecule has 1 heterocycles. The van der Waals surface area contributed by atoms with Crippen molar-refractivity contribution in [3.8, 4) is 0 Å².